The van der Waals surface area contributed by atoms with Gasteiger partial charge in [0.05, 0.1) is 6.10 Å². The average molecular weight is 214 g/mol. The first-order valence-corrected chi connectivity index (χ1v) is 5.96. The van der Waals surface area contributed by atoms with E-state index in [-0.39, 0.29) is 11.5 Å². The molecule has 0 bridgehead atoms. The molecule has 0 aromatic carbocycles. The van der Waals surface area contributed by atoms with Gasteiger partial charge in [-0.3, -0.25) is 4.90 Å². The summed E-state index contributed by atoms with van der Waals surface area (Å²) >= 11 is 0. The van der Waals surface area contributed by atoms with Crippen molar-refractivity contribution in [3.63, 3.8) is 0 Å². The van der Waals surface area contributed by atoms with Gasteiger partial charge in [0.25, 0.3) is 0 Å². The lowest BCUT2D eigenvalue weighted by molar-refractivity contribution is 0.0565. The third-order valence-corrected chi connectivity index (χ3v) is 2.91. The van der Waals surface area contributed by atoms with Crippen molar-refractivity contribution in [1.29, 1.82) is 0 Å². The summed E-state index contributed by atoms with van der Waals surface area (Å²) in [4.78, 5) is 4.71. The zero-order chi connectivity index (χ0) is 11.5. The molecule has 1 fully saturated rings. The van der Waals surface area contributed by atoms with Crippen molar-refractivity contribution in [2.75, 3.05) is 39.8 Å². The molecule has 1 heterocycles. The molecule has 3 nitrogen and oxygen atoms in total. The van der Waals surface area contributed by atoms with Crippen molar-refractivity contribution in [1.82, 2.24) is 9.80 Å². The smallest absolute Gasteiger partial charge is 0.0672 e. The number of aliphatic hydroxyl groups is 1. The Hall–Kier alpha value is -0.120. The molecule has 0 aliphatic carbocycles. The summed E-state index contributed by atoms with van der Waals surface area (Å²) in [5, 5.41) is 9.95. The van der Waals surface area contributed by atoms with Crippen LogP contribution in [0.5, 0.6) is 0 Å². The minimum absolute atomic E-state index is 0.173. The van der Waals surface area contributed by atoms with Crippen LogP contribution in [0.2, 0.25) is 0 Å². The number of piperazine rings is 1. The summed E-state index contributed by atoms with van der Waals surface area (Å²) in [6.07, 6.45) is 0.715. The molecular weight excluding hydrogens is 188 g/mol. The molecule has 1 N–H and O–H groups in total. The Morgan fingerprint density at radius 3 is 2.13 bits per heavy atom. The molecule has 15 heavy (non-hydrogen) atoms. The maximum Gasteiger partial charge on any atom is 0.0672 e. The number of rotatable bonds is 3. The van der Waals surface area contributed by atoms with E-state index in [1.807, 2.05) is 0 Å². The lowest BCUT2D eigenvalue weighted by Crippen LogP contribution is -2.47. The number of aliphatic hydroxyl groups excluding tert-OH is 1. The Labute approximate surface area is 94.1 Å². The Kier molecular flexibility index (Phi) is 4.56. The molecular formula is C12H26N2O. The molecule has 0 spiro atoms. The fraction of sp³-hybridized carbons (Fsp3) is 1.00. The quantitative estimate of drug-likeness (QED) is 0.760. The first-order chi connectivity index (χ1) is 6.87. The number of β-amino-alcohol motifs (C(OH)–C–C–N with tert-alkyl or cyclic N) is 1. The fourth-order valence-corrected chi connectivity index (χ4v) is 2.10. The van der Waals surface area contributed by atoms with E-state index in [1.54, 1.807) is 0 Å². The highest BCUT2D eigenvalue weighted by Crippen LogP contribution is 2.21. The molecule has 0 saturated carbocycles. The van der Waals surface area contributed by atoms with Gasteiger partial charge < -0.3 is 10.0 Å². The highest BCUT2D eigenvalue weighted by atomic mass is 16.3. The predicted molar refractivity (Wildman–Crippen MR) is 64.0 cm³/mol. The van der Waals surface area contributed by atoms with Crippen molar-refractivity contribution in [2.24, 2.45) is 5.41 Å². The van der Waals surface area contributed by atoms with E-state index >= 15 is 0 Å². The van der Waals surface area contributed by atoms with E-state index in [4.69, 9.17) is 0 Å². The summed E-state index contributed by atoms with van der Waals surface area (Å²) in [5.41, 5.74) is 0.228. The van der Waals surface area contributed by atoms with Crippen molar-refractivity contribution < 1.29 is 5.11 Å². The molecule has 0 aromatic rings. The second-order valence-electron chi connectivity index (χ2n) is 6.02. The highest BCUT2D eigenvalue weighted by molar-refractivity contribution is 4.75. The van der Waals surface area contributed by atoms with Crippen LogP contribution in [0.3, 0.4) is 0 Å². The molecule has 0 aromatic heterocycles. The largest absolute Gasteiger partial charge is 0.392 e. The first-order valence-electron chi connectivity index (χ1n) is 5.96. The van der Waals surface area contributed by atoms with E-state index < -0.39 is 0 Å². The van der Waals surface area contributed by atoms with E-state index in [2.05, 4.69) is 37.6 Å². The molecule has 1 aliphatic heterocycles. The third kappa shape index (κ3) is 5.50. The molecule has 90 valence electrons. The van der Waals surface area contributed by atoms with E-state index in [1.165, 1.54) is 0 Å². The van der Waals surface area contributed by atoms with Gasteiger partial charge in [0.1, 0.15) is 0 Å². The Balaban J connectivity index is 2.23. The normalized spacial score (nSPS) is 23.0. The predicted octanol–water partition coefficient (Wildman–Crippen LogP) is 1.03. The number of hydrogen-bond donors (Lipinski definition) is 1. The van der Waals surface area contributed by atoms with Gasteiger partial charge in [0, 0.05) is 32.7 Å². The van der Waals surface area contributed by atoms with Gasteiger partial charge in [-0.15, -0.1) is 0 Å². The van der Waals surface area contributed by atoms with Gasteiger partial charge >= 0.3 is 0 Å². The van der Waals surface area contributed by atoms with Gasteiger partial charge in [-0.2, -0.15) is 0 Å². The SMILES string of the molecule is CN1CCN(CC(O)CC(C)(C)C)CC1. The minimum atomic E-state index is -0.173. The van der Waals surface area contributed by atoms with Gasteiger partial charge in [-0.25, -0.2) is 0 Å². The molecule has 3 heteroatoms. The van der Waals surface area contributed by atoms with Crippen LogP contribution >= 0.6 is 0 Å². The molecule has 1 aliphatic rings. The molecule has 1 saturated heterocycles. The molecule has 1 rings (SSSR count). The van der Waals surface area contributed by atoms with E-state index in [0.717, 1.165) is 39.1 Å². The topological polar surface area (TPSA) is 26.7 Å². The lowest BCUT2D eigenvalue weighted by atomic mass is 9.89. The summed E-state index contributed by atoms with van der Waals surface area (Å²) in [7, 11) is 2.16. The summed E-state index contributed by atoms with van der Waals surface area (Å²) in [6, 6.07) is 0. The molecule has 1 unspecified atom stereocenters. The van der Waals surface area contributed by atoms with Crippen molar-refractivity contribution in [2.45, 2.75) is 33.3 Å². The van der Waals surface area contributed by atoms with Gasteiger partial charge in [0.2, 0.25) is 0 Å². The van der Waals surface area contributed by atoms with Crippen LogP contribution in [0, 0.1) is 5.41 Å². The van der Waals surface area contributed by atoms with Crippen molar-refractivity contribution >= 4 is 0 Å². The van der Waals surface area contributed by atoms with E-state index in [0.29, 0.717) is 0 Å². The Morgan fingerprint density at radius 2 is 1.67 bits per heavy atom. The lowest BCUT2D eigenvalue weighted by Gasteiger charge is -2.34. The Bertz CT molecular complexity index is 181. The van der Waals surface area contributed by atoms with Crippen molar-refractivity contribution in [3.05, 3.63) is 0 Å². The molecule has 0 radical (unpaired) electrons. The second-order valence-corrected chi connectivity index (χ2v) is 6.02. The maximum absolute atomic E-state index is 9.95. The second kappa shape index (κ2) is 5.28. The van der Waals surface area contributed by atoms with Gasteiger partial charge in [-0.05, 0) is 18.9 Å². The Morgan fingerprint density at radius 1 is 1.13 bits per heavy atom. The summed E-state index contributed by atoms with van der Waals surface area (Å²) < 4.78 is 0. The minimum Gasteiger partial charge on any atom is -0.392 e. The van der Waals surface area contributed by atoms with Crippen molar-refractivity contribution in [3.8, 4) is 0 Å². The standard InChI is InChI=1S/C12H26N2O/c1-12(2,3)9-11(15)10-14-7-5-13(4)6-8-14/h11,15H,5-10H2,1-4H3. The number of likely N-dealkylation sites (N-methyl/N-ethyl adjacent to an activating group) is 1. The van der Waals surface area contributed by atoms with Crippen LogP contribution in [0.25, 0.3) is 0 Å². The highest BCUT2D eigenvalue weighted by Gasteiger charge is 2.21. The van der Waals surface area contributed by atoms with Crippen LogP contribution in [-0.4, -0.2) is 60.8 Å². The zero-order valence-corrected chi connectivity index (χ0v) is 10.7. The van der Waals surface area contributed by atoms with Crippen LogP contribution < -0.4 is 0 Å². The number of nitrogens with zero attached hydrogens (tertiary/aromatic N) is 2. The first kappa shape index (κ1) is 12.9. The van der Waals surface area contributed by atoms with Crippen LogP contribution in [0.1, 0.15) is 27.2 Å². The van der Waals surface area contributed by atoms with Crippen LogP contribution in [0.4, 0.5) is 0 Å². The monoisotopic (exact) mass is 214 g/mol. The fourth-order valence-electron chi connectivity index (χ4n) is 2.10. The average Bonchev–Trinajstić information content (AvgIpc) is 2.05. The molecule has 1 atom stereocenters. The number of hydrogen-bond acceptors (Lipinski definition) is 3. The van der Waals surface area contributed by atoms with E-state index in [9.17, 15) is 5.11 Å². The molecule has 0 amide bonds. The maximum atomic E-state index is 9.95. The summed E-state index contributed by atoms with van der Waals surface area (Å²) in [6.45, 7) is 11.8. The van der Waals surface area contributed by atoms with Crippen LogP contribution in [-0.2, 0) is 0 Å². The third-order valence-electron chi connectivity index (χ3n) is 2.91. The van der Waals surface area contributed by atoms with Gasteiger partial charge in [-0.1, -0.05) is 20.8 Å². The van der Waals surface area contributed by atoms with Crippen LogP contribution in [0.15, 0.2) is 0 Å². The van der Waals surface area contributed by atoms with Gasteiger partial charge in [0.15, 0.2) is 0 Å². The summed E-state index contributed by atoms with van der Waals surface area (Å²) in [5.74, 6) is 0. The zero-order valence-electron chi connectivity index (χ0n) is 10.7.